The van der Waals surface area contributed by atoms with Crippen LogP contribution in [-0.4, -0.2) is 18.8 Å². The van der Waals surface area contributed by atoms with E-state index in [-0.39, 0.29) is 11.6 Å². The number of rotatable bonds is 4. The average Bonchev–Trinajstić information content (AvgIpc) is 2.95. The first-order valence-electron chi connectivity index (χ1n) is 8.35. The number of hydrogen-bond acceptors (Lipinski definition) is 3. The zero-order chi connectivity index (χ0) is 14.7. The van der Waals surface area contributed by atoms with Gasteiger partial charge in [-0.25, -0.2) is 0 Å². The molecule has 0 bridgehead atoms. The molecule has 3 heteroatoms. The number of ether oxygens (including phenoxy) is 2. The molecule has 1 aromatic carbocycles. The fraction of sp³-hybridized carbons (Fsp3) is 0.667. The molecule has 3 nitrogen and oxygen atoms in total. The monoisotopic (exact) mass is 289 g/mol. The van der Waals surface area contributed by atoms with Crippen LogP contribution in [0.3, 0.4) is 0 Å². The van der Waals surface area contributed by atoms with Crippen molar-refractivity contribution in [2.45, 2.75) is 57.1 Å². The summed E-state index contributed by atoms with van der Waals surface area (Å²) in [5, 5.41) is 0. The Labute approximate surface area is 127 Å². The van der Waals surface area contributed by atoms with Gasteiger partial charge >= 0.3 is 0 Å². The summed E-state index contributed by atoms with van der Waals surface area (Å²) >= 11 is 0. The molecular formula is C18H27NO2. The Kier molecular flexibility index (Phi) is 4.51. The Morgan fingerprint density at radius 2 is 2.19 bits per heavy atom. The van der Waals surface area contributed by atoms with E-state index in [4.69, 9.17) is 15.2 Å². The lowest BCUT2D eigenvalue weighted by atomic mass is 9.79. The van der Waals surface area contributed by atoms with Crippen LogP contribution in [0.15, 0.2) is 24.3 Å². The van der Waals surface area contributed by atoms with Gasteiger partial charge < -0.3 is 15.2 Å². The number of nitrogens with two attached hydrogens (primary N) is 1. The minimum absolute atomic E-state index is 0.0896. The van der Waals surface area contributed by atoms with Crippen LogP contribution in [0.1, 0.15) is 57.1 Å². The van der Waals surface area contributed by atoms with E-state index in [0.717, 1.165) is 25.2 Å². The summed E-state index contributed by atoms with van der Waals surface area (Å²) in [4.78, 5) is 0. The highest BCUT2D eigenvalue weighted by molar-refractivity contribution is 5.31. The number of hydrogen-bond donors (Lipinski definition) is 1. The van der Waals surface area contributed by atoms with Crippen molar-refractivity contribution in [2.24, 2.45) is 11.7 Å². The molecule has 1 saturated carbocycles. The maximum atomic E-state index is 6.57. The van der Waals surface area contributed by atoms with E-state index in [9.17, 15) is 0 Å². The molecule has 0 aromatic heterocycles. The Balaban J connectivity index is 1.72. The van der Waals surface area contributed by atoms with Gasteiger partial charge in [0.25, 0.3) is 0 Å². The Bertz CT molecular complexity index is 468. The van der Waals surface area contributed by atoms with Crippen LogP contribution in [0.5, 0.6) is 5.75 Å². The molecule has 0 radical (unpaired) electrons. The minimum Gasteiger partial charge on any atom is -0.494 e. The summed E-state index contributed by atoms with van der Waals surface area (Å²) in [7, 11) is 0. The molecule has 3 rings (SSSR count). The van der Waals surface area contributed by atoms with Gasteiger partial charge in [0, 0.05) is 12.6 Å². The normalized spacial score (nSPS) is 25.9. The maximum Gasteiger partial charge on any atom is 0.119 e. The van der Waals surface area contributed by atoms with E-state index >= 15 is 0 Å². The lowest BCUT2D eigenvalue weighted by Crippen LogP contribution is -2.40. The van der Waals surface area contributed by atoms with Crippen molar-refractivity contribution >= 4 is 0 Å². The predicted octanol–water partition coefficient (Wildman–Crippen LogP) is 3.82. The highest BCUT2D eigenvalue weighted by atomic mass is 16.5. The van der Waals surface area contributed by atoms with Crippen molar-refractivity contribution in [3.8, 4) is 5.75 Å². The molecule has 116 valence electrons. The maximum absolute atomic E-state index is 6.57. The third kappa shape index (κ3) is 3.24. The molecule has 2 fully saturated rings. The second-order valence-corrected chi connectivity index (χ2v) is 6.52. The van der Waals surface area contributed by atoms with Crippen LogP contribution in [0.25, 0.3) is 0 Å². The van der Waals surface area contributed by atoms with Crippen molar-refractivity contribution < 1.29 is 9.47 Å². The molecule has 1 heterocycles. The largest absolute Gasteiger partial charge is 0.494 e. The zero-order valence-electron chi connectivity index (χ0n) is 13.0. The van der Waals surface area contributed by atoms with Crippen LogP contribution in [0, 0.1) is 5.92 Å². The number of benzene rings is 1. The molecule has 21 heavy (non-hydrogen) atoms. The van der Waals surface area contributed by atoms with Crippen LogP contribution < -0.4 is 10.5 Å². The molecule has 2 N–H and O–H groups in total. The Morgan fingerprint density at radius 1 is 1.38 bits per heavy atom. The summed E-state index contributed by atoms with van der Waals surface area (Å²) in [6, 6.07) is 8.37. The zero-order valence-corrected chi connectivity index (χ0v) is 13.0. The minimum atomic E-state index is 0.0896. The van der Waals surface area contributed by atoms with Gasteiger partial charge in [-0.2, -0.15) is 0 Å². The predicted molar refractivity (Wildman–Crippen MR) is 84.4 cm³/mol. The Morgan fingerprint density at radius 3 is 2.95 bits per heavy atom. The molecule has 0 amide bonds. The summed E-state index contributed by atoms with van der Waals surface area (Å²) < 4.78 is 11.7. The molecule has 1 saturated heterocycles. The van der Waals surface area contributed by atoms with Crippen molar-refractivity contribution in [2.75, 3.05) is 13.2 Å². The van der Waals surface area contributed by atoms with Crippen molar-refractivity contribution in [1.82, 2.24) is 0 Å². The fourth-order valence-electron chi connectivity index (χ4n) is 3.99. The summed E-state index contributed by atoms with van der Waals surface area (Å²) in [5.74, 6) is 1.45. The summed E-state index contributed by atoms with van der Waals surface area (Å²) in [5.41, 5.74) is 7.91. The van der Waals surface area contributed by atoms with Crippen LogP contribution >= 0.6 is 0 Å². The smallest absolute Gasteiger partial charge is 0.119 e. The molecule has 1 aromatic rings. The molecular weight excluding hydrogens is 262 g/mol. The van der Waals surface area contributed by atoms with Crippen LogP contribution in [-0.2, 0) is 4.74 Å². The van der Waals surface area contributed by atoms with Crippen molar-refractivity contribution in [1.29, 1.82) is 0 Å². The van der Waals surface area contributed by atoms with E-state index in [0.29, 0.717) is 12.5 Å². The third-order valence-electron chi connectivity index (χ3n) is 5.11. The highest BCUT2D eigenvalue weighted by Crippen LogP contribution is 2.44. The van der Waals surface area contributed by atoms with E-state index in [1.807, 2.05) is 19.1 Å². The molecule has 1 aliphatic carbocycles. The molecule has 1 aliphatic heterocycles. The standard InChI is InChI=1S/C18H27NO2/c1-2-20-16-7-5-6-14(12-16)17(19)15-8-11-21-18(13-15)9-3-4-10-18/h5-7,12,15,17H,2-4,8-11,13,19H2,1H3. The van der Waals surface area contributed by atoms with Crippen LogP contribution in [0.2, 0.25) is 0 Å². The molecule has 1 spiro atoms. The van der Waals surface area contributed by atoms with E-state index in [1.165, 1.54) is 31.2 Å². The van der Waals surface area contributed by atoms with E-state index < -0.39 is 0 Å². The van der Waals surface area contributed by atoms with Crippen LogP contribution in [0.4, 0.5) is 0 Å². The van der Waals surface area contributed by atoms with Gasteiger partial charge in [-0.1, -0.05) is 25.0 Å². The van der Waals surface area contributed by atoms with Gasteiger partial charge in [-0.15, -0.1) is 0 Å². The Hall–Kier alpha value is -1.06. The summed E-state index contributed by atoms with van der Waals surface area (Å²) in [6.45, 7) is 3.57. The highest BCUT2D eigenvalue weighted by Gasteiger charge is 2.41. The van der Waals surface area contributed by atoms with Gasteiger partial charge in [0.2, 0.25) is 0 Å². The lowest BCUT2D eigenvalue weighted by Gasteiger charge is -2.40. The SMILES string of the molecule is CCOc1cccc(C(N)C2CCOC3(CCCC3)C2)c1. The van der Waals surface area contributed by atoms with Crippen molar-refractivity contribution in [3.63, 3.8) is 0 Å². The second kappa shape index (κ2) is 6.37. The van der Waals surface area contributed by atoms with Gasteiger partial charge in [-0.05, 0) is 56.2 Å². The van der Waals surface area contributed by atoms with Crippen molar-refractivity contribution in [3.05, 3.63) is 29.8 Å². The van der Waals surface area contributed by atoms with Gasteiger partial charge in [0.15, 0.2) is 0 Å². The molecule has 2 aliphatic rings. The molecule has 2 unspecified atom stereocenters. The van der Waals surface area contributed by atoms with Gasteiger partial charge in [-0.3, -0.25) is 0 Å². The first-order chi connectivity index (χ1) is 10.2. The van der Waals surface area contributed by atoms with E-state index in [2.05, 4.69) is 12.1 Å². The lowest BCUT2D eigenvalue weighted by molar-refractivity contribution is -0.0963. The van der Waals surface area contributed by atoms with E-state index in [1.54, 1.807) is 0 Å². The topological polar surface area (TPSA) is 44.5 Å². The average molecular weight is 289 g/mol. The fourth-order valence-corrected chi connectivity index (χ4v) is 3.99. The first-order valence-corrected chi connectivity index (χ1v) is 8.35. The van der Waals surface area contributed by atoms with Gasteiger partial charge in [0.05, 0.1) is 12.2 Å². The quantitative estimate of drug-likeness (QED) is 0.916. The first kappa shape index (κ1) is 14.9. The van der Waals surface area contributed by atoms with Gasteiger partial charge in [0.1, 0.15) is 5.75 Å². The third-order valence-corrected chi connectivity index (χ3v) is 5.11. The molecule has 2 atom stereocenters. The summed E-state index contributed by atoms with van der Waals surface area (Å²) in [6.07, 6.45) is 7.24. The second-order valence-electron chi connectivity index (χ2n) is 6.52.